The maximum Gasteiger partial charge on any atom is 0.236 e. The Bertz CT molecular complexity index is 486. The highest BCUT2D eigenvalue weighted by atomic mass is 16.2. The summed E-state index contributed by atoms with van der Waals surface area (Å²) in [4.78, 5) is 16.7. The van der Waals surface area contributed by atoms with Gasteiger partial charge in [-0.15, -0.1) is 0 Å². The lowest BCUT2D eigenvalue weighted by Gasteiger charge is -2.39. The van der Waals surface area contributed by atoms with Crippen molar-refractivity contribution in [3.8, 4) is 0 Å². The van der Waals surface area contributed by atoms with E-state index in [1.807, 2.05) is 4.90 Å². The Labute approximate surface area is 133 Å². The average Bonchev–Trinajstić information content (AvgIpc) is 3.39. The second-order valence-electron chi connectivity index (χ2n) is 6.59. The Morgan fingerprint density at radius 3 is 2.64 bits per heavy atom. The summed E-state index contributed by atoms with van der Waals surface area (Å²) in [6, 6.07) is 11.6. The summed E-state index contributed by atoms with van der Waals surface area (Å²) in [6.07, 6.45) is 6.02. The van der Waals surface area contributed by atoms with Gasteiger partial charge in [-0.25, -0.2) is 0 Å². The van der Waals surface area contributed by atoms with Gasteiger partial charge in [-0.2, -0.15) is 0 Å². The first-order valence-corrected chi connectivity index (χ1v) is 8.55. The van der Waals surface area contributed by atoms with Gasteiger partial charge in [0, 0.05) is 25.2 Å². The van der Waals surface area contributed by atoms with E-state index in [2.05, 4.69) is 35.2 Å². The zero-order valence-corrected chi connectivity index (χ0v) is 13.3. The molecule has 1 aliphatic heterocycles. The summed E-state index contributed by atoms with van der Waals surface area (Å²) in [5.74, 6) is 0.118. The minimum atomic E-state index is 0.118. The molecule has 1 amide bonds. The van der Waals surface area contributed by atoms with Gasteiger partial charge in [-0.1, -0.05) is 36.8 Å². The second-order valence-corrected chi connectivity index (χ2v) is 6.59. The van der Waals surface area contributed by atoms with Crippen LogP contribution in [0.1, 0.15) is 37.7 Å². The van der Waals surface area contributed by atoms with E-state index >= 15 is 0 Å². The van der Waals surface area contributed by atoms with E-state index < -0.39 is 0 Å². The largest absolute Gasteiger partial charge is 0.337 e. The zero-order chi connectivity index (χ0) is 15.4. The van der Waals surface area contributed by atoms with Crippen molar-refractivity contribution in [2.24, 2.45) is 5.73 Å². The van der Waals surface area contributed by atoms with Crippen LogP contribution in [0.2, 0.25) is 0 Å². The lowest BCUT2D eigenvalue weighted by atomic mass is 10.0. The molecule has 2 fully saturated rings. The van der Waals surface area contributed by atoms with Crippen LogP contribution >= 0.6 is 0 Å². The number of likely N-dealkylation sites (tertiary alicyclic amines) is 1. The molecule has 1 heterocycles. The molecule has 2 aliphatic rings. The van der Waals surface area contributed by atoms with Gasteiger partial charge in [0.25, 0.3) is 0 Å². The molecule has 0 spiro atoms. The predicted molar refractivity (Wildman–Crippen MR) is 88.3 cm³/mol. The van der Waals surface area contributed by atoms with Crippen LogP contribution in [-0.2, 0) is 11.3 Å². The summed E-state index contributed by atoms with van der Waals surface area (Å²) in [5.41, 5.74) is 6.96. The summed E-state index contributed by atoms with van der Waals surface area (Å²) in [7, 11) is 0. The van der Waals surface area contributed by atoms with E-state index in [0.29, 0.717) is 12.1 Å². The standard InChI is InChI=1S/C18H27N3O/c19-12-18(22)21(16-9-10-16)14-17-8-4-5-11-20(17)13-15-6-2-1-3-7-15/h1-3,6-7,16-17H,4-5,8-14,19H2/t17-/m0/s1. The van der Waals surface area contributed by atoms with Gasteiger partial charge in [0.15, 0.2) is 0 Å². The first-order valence-electron chi connectivity index (χ1n) is 8.55. The maximum absolute atomic E-state index is 12.1. The summed E-state index contributed by atoms with van der Waals surface area (Å²) >= 11 is 0. The minimum absolute atomic E-state index is 0.118. The Kier molecular flexibility index (Phi) is 5.11. The maximum atomic E-state index is 12.1. The monoisotopic (exact) mass is 301 g/mol. The number of hydrogen-bond donors (Lipinski definition) is 1. The molecule has 0 bridgehead atoms. The van der Waals surface area contributed by atoms with E-state index in [0.717, 1.165) is 32.5 Å². The molecule has 0 aromatic heterocycles. The van der Waals surface area contributed by atoms with Gasteiger partial charge in [0.1, 0.15) is 0 Å². The molecule has 1 atom stereocenters. The molecule has 2 N–H and O–H groups in total. The van der Waals surface area contributed by atoms with Crippen LogP contribution in [0, 0.1) is 0 Å². The van der Waals surface area contributed by atoms with Crippen LogP contribution in [0.3, 0.4) is 0 Å². The Balaban J connectivity index is 1.65. The molecule has 0 radical (unpaired) electrons. The highest BCUT2D eigenvalue weighted by Crippen LogP contribution is 2.29. The first-order chi connectivity index (χ1) is 10.8. The van der Waals surface area contributed by atoms with Gasteiger partial charge in [0.2, 0.25) is 5.91 Å². The highest BCUT2D eigenvalue weighted by Gasteiger charge is 2.35. The molecule has 4 heteroatoms. The fraction of sp³-hybridized carbons (Fsp3) is 0.611. The molecular formula is C18H27N3O. The van der Waals surface area contributed by atoms with Crippen LogP contribution < -0.4 is 5.73 Å². The number of hydrogen-bond acceptors (Lipinski definition) is 3. The Morgan fingerprint density at radius 2 is 1.95 bits per heavy atom. The Morgan fingerprint density at radius 1 is 1.18 bits per heavy atom. The molecule has 1 aromatic rings. The van der Waals surface area contributed by atoms with Crippen molar-refractivity contribution in [3.63, 3.8) is 0 Å². The van der Waals surface area contributed by atoms with Crippen molar-refractivity contribution in [3.05, 3.63) is 35.9 Å². The van der Waals surface area contributed by atoms with Crippen molar-refractivity contribution in [1.82, 2.24) is 9.80 Å². The quantitative estimate of drug-likeness (QED) is 0.874. The first kappa shape index (κ1) is 15.5. The molecule has 0 unspecified atom stereocenters. The van der Waals surface area contributed by atoms with Crippen LogP contribution in [0.15, 0.2) is 30.3 Å². The number of nitrogens with zero attached hydrogens (tertiary/aromatic N) is 2. The number of amides is 1. The third-order valence-electron chi connectivity index (χ3n) is 4.87. The average molecular weight is 301 g/mol. The third kappa shape index (κ3) is 3.87. The predicted octanol–water partition coefficient (Wildman–Crippen LogP) is 1.99. The molecule has 22 heavy (non-hydrogen) atoms. The van der Waals surface area contributed by atoms with Crippen molar-refractivity contribution >= 4 is 5.91 Å². The fourth-order valence-electron chi connectivity index (χ4n) is 3.48. The molecule has 1 saturated carbocycles. The lowest BCUT2D eigenvalue weighted by molar-refractivity contribution is -0.131. The lowest BCUT2D eigenvalue weighted by Crippen LogP contribution is -2.49. The summed E-state index contributed by atoms with van der Waals surface area (Å²) in [6.45, 7) is 3.12. The van der Waals surface area contributed by atoms with Gasteiger partial charge in [-0.05, 0) is 37.8 Å². The summed E-state index contributed by atoms with van der Waals surface area (Å²) in [5, 5.41) is 0. The van der Waals surface area contributed by atoms with Crippen molar-refractivity contribution in [1.29, 1.82) is 0 Å². The van der Waals surface area contributed by atoms with Crippen LogP contribution in [0.5, 0.6) is 0 Å². The zero-order valence-electron chi connectivity index (χ0n) is 13.3. The summed E-state index contributed by atoms with van der Waals surface area (Å²) < 4.78 is 0. The van der Waals surface area contributed by atoms with Crippen molar-refractivity contribution in [2.45, 2.75) is 50.7 Å². The van der Waals surface area contributed by atoms with Gasteiger partial charge >= 0.3 is 0 Å². The smallest absolute Gasteiger partial charge is 0.236 e. The van der Waals surface area contributed by atoms with Crippen LogP contribution in [-0.4, -0.2) is 47.4 Å². The van der Waals surface area contributed by atoms with Gasteiger partial charge in [-0.3, -0.25) is 9.69 Å². The number of carbonyl (C=O) groups is 1. The molecule has 1 aromatic carbocycles. The van der Waals surface area contributed by atoms with Crippen LogP contribution in [0.4, 0.5) is 0 Å². The molecule has 120 valence electrons. The molecular weight excluding hydrogens is 274 g/mol. The number of rotatable bonds is 6. The third-order valence-corrected chi connectivity index (χ3v) is 4.87. The SMILES string of the molecule is NCC(=O)N(C[C@@H]1CCCCN1Cc1ccccc1)C1CC1. The van der Waals surface area contributed by atoms with Gasteiger partial charge < -0.3 is 10.6 Å². The van der Waals surface area contributed by atoms with E-state index in [1.54, 1.807) is 0 Å². The molecule has 3 rings (SSSR count). The second kappa shape index (κ2) is 7.25. The Hall–Kier alpha value is -1.39. The topological polar surface area (TPSA) is 49.6 Å². The molecule has 1 saturated heterocycles. The van der Waals surface area contributed by atoms with Crippen molar-refractivity contribution < 1.29 is 4.79 Å². The van der Waals surface area contributed by atoms with Crippen LogP contribution in [0.25, 0.3) is 0 Å². The van der Waals surface area contributed by atoms with E-state index in [4.69, 9.17) is 5.73 Å². The van der Waals surface area contributed by atoms with Crippen molar-refractivity contribution in [2.75, 3.05) is 19.6 Å². The minimum Gasteiger partial charge on any atom is -0.337 e. The highest BCUT2D eigenvalue weighted by molar-refractivity contribution is 5.78. The van der Waals surface area contributed by atoms with E-state index in [9.17, 15) is 4.79 Å². The number of piperidine rings is 1. The normalized spacial score (nSPS) is 22.5. The van der Waals surface area contributed by atoms with E-state index in [1.165, 1.54) is 24.8 Å². The number of nitrogens with two attached hydrogens (primary N) is 1. The molecule has 1 aliphatic carbocycles. The van der Waals surface area contributed by atoms with Gasteiger partial charge in [0.05, 0.1) is 6.54 Å². The number of benzene rings is 1. The molecule has 4 nitrogen and oxygen atoms in total. The fourth-order valence-corrected chi connectivity index (χ4v) is 3.48. The van der Waals surface area contributed by atoms with E-state index in [-0.39, 0.29) is 12.5 Å². The number of carbonyl (C=O) groups excluding carboxylic acids is 1.